The van der Waals surface area contributed by atoms with Crippen molar-refractivity contribution in [2.24, 2.45) is 0 Å². The van der Waals surface area contributed by atoms with Crippen LogP contribution in [-0.2, 0) is 6.54 Å². The number of furan rings is 2. The molecule has 2 heterocycles. The van der Waals surface area contributed by atoms with Crippen LogP contribution in [0.5, 0.6) is 0 Å². The van der Waals surface area contributed by atoms with Gasteiger partial charge in [-0.3, -0.25) is 4.79 Å². The summed E-state index contributed by atoms with van der Waals surface area (Å²) in [6.45, 7) is -0.0843. The molecule has 108 valence electrons. The van der Waals surface area contributed by atoms with Crippen molar-refractivity contribution in [2.75, 3.05) is 6.54 Å². The van der Waals surface area contributed by atoms with Crippen molar-refractivity contribution < 1.29 is 26.8 Å². The van der Waals surface area contributed by atoms with Crippen LogP contribution in [-0.4, -0.2) is 23.5 Å². The Morgan fingerprint density at radius 3 is 2.50 bits per heavy atom. The molecule has 4 nitrogen and oxygen atoms in total. The molecule has 0 saturated heterocycles. The molecule has 0 aliphatic carbocycles. The highest BCUT2D eigenvalue weighted by Gasteiger charge is 2.34. The molecule has 2 aromatic heterocycles. The Balaban J connectivity index is 2.22. The van der Waals surface area contributed by atoms with Crippen molar-refractivity contribution in [3.05, 3.63) is 47.8 Å². The van der Waals surface area contributed by atoms with Gasteiger partial charge in [-0.2, -0.15) is 13.2 Å². The summed E-state index contributed by atoms with van der Waals surface area (Å²) >= 11 is 0. The highest BCUT2D eigenvalue weighted by molar-refractivity contribution is 5.95. The lowest BCUT2D eigenvalue weighted by atomic mass is 10.2. The van der Waals surface area contributed by atoms with Crippen LogP contribution in [0.4, 0.5) is 13.2 Å². The van der Waals surface area contributed by atoms with Crippen LogP contribution in [0.3, 0.4) is 0 Å². The standard InChI is InChI=1S/C13H12F3NO3/c1-9-11(4-6-19-9)12(18)17(8-13(14,15)16)7-10-3-2-5-20-10/h2-6H,7-8H2,1H3. The van der Waals surface area contributed by atoms with E-state index in [0.717, 1.165) is 0 Å². The molecule has 2 aromatic rings. The summed E-state index contributed by atoms with van der Waals surface area (Å²) in [6.07, 6.45) is -1.88. The van der Waals surface area contributed by atoms with Crippen LogP contribution in [0.2, 0.25) is 0 Å². The lowest BCUT2D eigenvalue weighted by molar-refractivity contribution is -0.142. The van der Waals surface area contributed by atoms with Crippen LogP contribution in [0.25, 0.3) is 0 Å². The Morgan fingerprint density at radius 1 is 1.25 bits per heavy atom. The average Bonchev–Trinajstić information content (AvgIpc) is 2.97. The monoisotopic (exact) mass is 287 g/mol. The van der Waals surface area contributed by atoms with Gasteiger partial charge in [0.1, 0.15) is 18.1 Å². The lowest BCUT2D eigenvalue weighted by Crippen LogP contribution is -2.38. The third kappa shape index (κ3) is 3.43. The van der Waals surface area contributed by atoms with Gasteiger partial charge in [0.25, 0.3) is 5.91 Å². The zero-order valence-corrected chi connectivity index (χ0v) is 10.6. The van der Waals surface area contributed by atoms with Crippen molar-refractivity contribution in [1.82, 2.24) is 4.90 Å². The maximum absolute atomic E-state index is 12.6. The molecule has 0 fully saturated rings. The zero-order chi connectivity index (χ0) is 14.8. The van der Waals surface area contributed by atoms with Crippen molar-refractivity contribution in [3.8, 4) is 0 Å². The number of carbonyl (C=O) groups is 1. The van der Waals surface area contributed by atoms with Crippen LogP contribution >= 0.6 is 0 Å². The van der Waals surface area contributed by atoms with Crippen LogP contribution in [0.1, 0.15) is 21.9 Å². The summed E-state index contributed by atoms with van der Waals surface area (Å²) in [5.41, 5.74) is 0.112. The molecule has 20 heavy (non-hydrogen) atoms. The lowest BCUT2D eigenvalue weighted by Gasteiger charge is -2.22. The molecule has 0 aliphatic rings. The Kier molecular flexibility index (Phi) is 3.87. The fourth-order valence-electron chi connectivity index (χ4n) is 1.78. The summed E-state index contributed by atoms with van der Waals surface area (Å²) in [6, 6.07) is 4.41. The molecule has 0 saturated carbocycles. The van der Waals surface area contributed by atoms with Crippen LogP contribution in [0, 0.1) is 6.92 Å². The molecular weight excluding hydrogens is 275 g/mol. The number of alkyl halides is 3. The van der Waals surface area contributed by atoms with Crippen molar-refractivity contribution in [3.63, 3.8) is 0 Å². The Labute approximate surface area is 112 Å². The summed E-state index contributed by atoms with van der Waals surface area (Å²) in [4.78, 5) is 12.8. The minimum absolute atomic E-state index is 0.112. The molecule has 2 rings (SSSR count). The molecule has 0 aromatic carbocycles. The highest BCUT2D eigenvalue weighted by atomic mass is 19.4. The smallest absolute Gasteiger partial charge is 0.406 e. The van der Waals surface area contributed by atoms with Gasteiger partial charge >= 0.3 is 6.18 Å². The second-order valence-corrected chi connectivity index (χ2v) is 4.25. The molecular formula is C13H12F3NO3. The van der Waals surface area contributed by atoms with E-state index in [1.165, 1.54) is 31.6 Å². The predicted molar refractivity (Wildman–Crippen MR) is 62.9 cm³/mol. The maximum atomic E-state index is 12.6. The maximum Gasteiger partial charge on any atom is 0.406 e. The van der Waals surface area contributed by atoms with E-state index in [2.05, 4.69) is 0 Å². The molecule has 0 spiro atoms. The summed E-state index contributed by atoms with van der Waals surface area (Å²) in [5, 5.41) is 0. The van der Waals surface area contributed by atoms with Crippen molar-refractivity contribution in [1.29, 1.82) is 0 Å². The van der Waals surface area contributed by atoms with Crippen LogP contribution in [0.15, 0.2) is 39.6 Å². The van der Waals surface area contributed by atoms with Crippen LogP contribution < -0.4 is 0 Å². The van der Waals surface area contributed by atoms with E-state index < -0.39 is 18.6 Å². The van der Waals surface area contributed by atoms with Gasteiger partial charge in [0.2, 0.25) is 0 Å². The highest BCUT2D eigenvalue weighted by Crippen LogP contribution is 2.21. The summed E-state index contributed by atoms with van der Waals surface area (Å²) in [7, 11) is 0. The number of rotatable bonds is 4. The topological polar surface area (TPSA) is 46.6 Å². The number of aryl methyl sites for hydroxylation is 1. The van der Waals surface area contributed by atoms with Gasteiger partial charge in [0.15, 0.2) is 0 Å². The third-order valence-electron chi connectivity index (χ3n) is 2.67. The van der Waals surface area contributed by atoms with Gasteiger partial charge in [-0.15, -0.1) is 0 Å². The average molecular weight is 287 g/mol. The van der Waals surface area contributed by atoms with E-state index >= 15 is 0 Å². The Morgan fingerprint density at radius 2 is 2.00 bits per heavy atom. The molecule has 0 aliphatic heterocycles. The Hall–Kier alpha value is -2.18. The molecule has 0 radical (unpaired) electrons. The number of hydrogen-bond donors (Lipinski definition) is 0. The largest absolute Gasteiger partial charge is 0.469 e. The first-order valence-electron chi connectivity index (χ1n) is 5.79. The quantitative estimate of drug-likeness (QED) is 0.866. The Bertz CT molecular complexity index is 572. The van der Waals surface area contributed by atoms with E-state index in [4.69, 9.17) is 8.83 Å². The molecule has 0 N–H and O–H groups in total. The first-order chi connectivity index (χ1) is 9.37. The normalized spacial score (nSPS) is 11.6. The number of hydrogen-bond acceptors (Lipinski definition) is 3. The van der Waals surface area contributed by atoms with Gasteiger partial charge in [-0.25, -0.2) is 0 Å². The fraction of sp³-hybridized carbons (Fsp3) is 0.308. The van der Waals surface area contributed by atoms with Gasteiger partial charge in [0, 0.05) is 0 Å². The van der Waals surface area contributed by atoms with E-state index in [-0.39, 0.29) is 23.6 Å². The van der Waals surface area contributed by atoms with Crippen molar-refractivity contribution >= 4 is 5.91 Å². The number of amides is 1. The molecule has 0 bridgehead atoms. The molecule has 1 amide bonds. The van der Waals surface area contributed by atoms with E-state index in [1.54, 1.807) is 6.07 Å². The van der Waals surface area contributed by atoms with Crippen molar-refractivity contribution in [2.45, 2.75) is 19.6 Å². The molecule has 0 unspecified atom stereocenters. The first-order valence-corrected chi connectivity index (χ1v) is 5.79. The molecule has 0 atom stereocenters. The predicted octanol–water partition coefficient (Wildman–Crippen LogP) is 3.39. The van der Waals surface area contributed by atoms with E-state index in [1.807, 2.05) is 0 Å². The minimum Gasteiger partial charge on any atom is -0.469 e. The second kappa shape index (κ2) is 5.44. The van der Waals surface area contributed by atoms with Gasteiger partial charge < -0.3 is 13.7 Å². The summed E-state index contributed by atoms with van der Waals surface area (Å²) in [5.74, 6) is -0.185. The second-order valence-electron chi connectivity index (χ2n) is 4.25. The third-order valence-corrected chi connectivity index (χ3v) is 2.67. The molecule has 7 heteroatoms. The zero-order valence-electron chi connectivity index (χ0n) is 10.6. The van der Waals surface area contributed by atoms with Gasteiger partial charge in [-0.1, -0.05) is 0 Å². The summed E-state index contributed by atoms with van der Waals surface area (Å²) < 4.78 is 47.7. The minimum atomic E-state index is -4.49. The number of carbonyl (C=O) groups excluding carboxylic acids is 1. The van der Waals surface area contributed by atoms with Gasteiger partial charge in [0.05, 0.1) is 24.6 Å². The van der Waals surface area contributed by atoms with E-state index in [0.29, 0.717) is 4.90 Å². The fourth-order valence-corrected chi connectivity index (χ4v) is 1.78. The SMILES string of the molecule is Cc1occc1C(=O)N(Cc1ccco1)CC(F)(F)F. The van der Waals surface area contributed by atoms with E-state index in [9.17, 15) is 18.0 Å². The first kappa shape index (κ1) is 14.2. The number of nitrogens with zero attached hydrogens (tertiary/aromatic N) is 1. The van der Waals surface area contributed by atoms with Gasteiger partial charge in [-0.05, 0) is 25.1 Å². The number of halogens is 3.